The normalized spacial score (nSPS) is 11.5. The lowest BCUT2D eigenvalue weighted by molar-refractivity contribution is -0.133. The zero-order chi connectivity index (χ0) is 36.6. The van der Waals surface area contributed by atoms with Gasteiger partial charge in [0.1, 0.15) is 31.1 Å². The predicted octanol–water partition coefficient (Wildman–Crippen LogP) is 2.70. The lowest BCUT2D eigenvalue weighted by atomic mass is 10.2. The minimum Gasteiger partial charge on any atom is -0.477 e. The predicted molar refractivity (Wildman–Crippen MR) is 184 cm³/mol. The molecule has 278 valence electrons. The molecule has 1 aromatic carbocycles. The topological polar surface area (TPSA) is 209 Å². The summed E-state index contributed by atoms with van der Waals surface area (Å²) in [4.78, 5) is 59.7. The standard InChI is InChI=1S/C33H48N4O12S/c1-33(2,3)49-31(42)36-13-15-45-17-19-47-23-29(39)35-12-14-44-16-18-46-22-28(38)34-11-7-6-9-26(30(40)41)37-32(43)48-21-25-20-24-8-4-5-10-27(24)50-25/h4-5,8-10,20H,6-7,11-19,21-23H2,1-3H3,(H,34,38)(H,35,39)(H,36,42)(H,37,43)(H,40,41)/b26-9+. The number of alkyl carbamates (subject to hydrolysis) is 2. The van der Waals surface area contributed by atoms with Gasteiger partial charge in [-0.05, 0) is 51.1 Å². The lowest BCUT2D eigenvalue weighted by Gasteiger charge is -2.19. The Morgan fingerprint density at radius 2 is 1.38 bits per heavy atom. The van der Waals surface area contributed by atoms with Gasteiger partial charge in [-0.1, -0.05) is 24.3 Å². The van der Waals surface area contributed by atoms with E-state index in [1.54, 1.807) is 20.8 Å². The Hall–Kier alpha value is -4.29. The number of benzene rings is 1. The molecule has 0 spiro atoms. The van der Waals surface area contributed by atoms with Crippen molar-refractivity contribution in [1.29, 1.82) is 0 Å². The number of fused-ring (bicyclic) bond motifs is 1. The quantitative estimate of drug-likeness (QED) is 0.0782. The van der Waals surface area contributed by atoms with E-state index in [1.165, 1.54) is 17.4 Å². The van der Waals surface area contributed by atoms with Gasteiger partial charge in [0, 0.05) is 29.2 Å². The first-order valence-electron chi connectivity index (χ1n) is 16.1. The summed E-state index contributed by atoms with van der Waals surface area (Å²) in [6.07, 6.45) is 0.693. The van der Waals surface area contributed by atoms with Crippen molar-refractivity contribution < 1.29 is 57.5 Å². The van der Waals surface area contributed by atoms with Crippen LogP contribution in [-0.4, -0.2) is 113 Å². The fourth-order valence-electron chi connectivity index (χ4n) is 3.83. The van der Waals surface area contributed by atoms with E-state index in [-0.39, 0.29) is 90.1 Å². The van der Waals surface area contributed by atoms with Crippen molar-refractivity contribution in [1.82, 2.24) is 21.3 Å². The average molecular weight is 725 g/mol. The third-order valence-electron chi connectivity index (χ3n) is 6.03. The van der Waals surface area contributed by atoms with Crippen LogP contribution in [0.2, 0.25) is 0 Å². The van der Waals surface area contributed by atoms with E-state index in [4.69, 9.17) is 28.4 Å². The zero-order valence-electron chi connectivity index (χ0n) is 28.7. The molecule has 1 aromatic heterocycles. The molecule has 16 nitrogen and oxygen atoms in total. The molecule has 0 saturated heterocycles. The van der Waals surface area contributed by atoms with Crippen molar-refractivity contribution in [3.63, 3.8) is 0 Å². The van der Waals surface area contributed by atoms with Gasteiger partial charge in [-0.25, -0.2) is 14.4 Å². The molecule has 50 heavy (non-hydrogen) atoms. The van der Waals surface area contributed by atoms with Crippen LogP contribution in [0.4, 0.5) is 9.59 Å². The molecular formula is C33H48N4O12S. The monoisotopic (exact) mass is 724 g/mol. The Morgan fingerprint density at radius 3 is 2.00 bits per heavy atom. The summed E-state index contributed by atoms with van der Waals surface area (Å²) in [7, 11) is 0. The second-order valence-electron chi connectivity index (χ2n) is 11.5. The van der Waals surface area contributed by atoms with Crippen LogP contribution in [0.25, 0.3) is 10.1 Å². The smallest absolute Gasteiger partial charge is 0.412 e. The number of hydrogen-bond donors (Lipinski definition) is 5. The number of carbonyl (C=O) groups excluding carboxylic acids is 4. The molecule has 4 amide bonds. The van der Waals surface area contributed by atoms with Crippen molar-refractivity contribution in [3.8, 4) is 0 Å². The van der Waals surface area contributed by atoms with Gasteiger partial charge < -0.3 is 49.5 Å². The van der Waals surface area contributed by atoms with Gasteiger partial charge in [-0.15, -0.1) is 11.3 Å². The van der Waals surface area contributed by atoms with E-state index in [2.05, 4.69) is 21.3 Å². The molecule has 0 radical (unpaired) electrons. The number of carbonyl (C=O) groups is 5. The van der Waals surface area contributed by atoms with Gasteiger partial charge in [-0.3, -0.25) is 14.9 Å². The summed E-state index contributed by atoms with van der Waals surface area (Å²) in [6.45, 7) is 7.30. The van der Waals surface area contributed by atoms with Crippen LogP contribution in [-0.2, 0) is 49.4 Å². The van der Waals surface area contributed by atoms with E-state index >= 15 is 0 Å². The summed E-state index contributed by atoms with van der Waals surface area (Å²) in [5.74, 6) is -1.95. The number of carboxylic acid groups (broad SMARTS) is 1. The number of amides is 4. The van der Waals surface area contributed by atoms with Gasteiger partial charge in [0.25, 0.3) is 0 Å². The molecule has 0 unspecified atom stereocenters. The molecular weight excluding hydrogens is 676 g/mol. The van der Waals surface area contributed by atoms with Gasteiger partial charge in [-0.2, -0.15) is 0 Å². The third-order valence-corrected chi connectivity index (χ3v) is 7.12. The van der Waals surface area contributed by atoms with Crippen LogP contribution in [0, 0.1) is 0 Å². The van der Waals surface area contributed by atoms with Crippen molar-refractivity contribution in [3.05, 3.63) is 47.0 Å². The first-order valence-corrected chi connectivity index (χ1v) is 16.9. The van der Waals surface area contributed by atoms with Crippen LogP contribution < -0.4 is 21.3 Å². The molecule has 0 aliphatic heterocycles. The van der Waals surface area contributed by atoms with Crippen LogP contribution in [0.5, 0.6) is 0 Å². The third kappa shape index (κ3) is 20.3. The SMILES string of the molecule is CC(C)(C)OC(=O)NCCOCCOCC(=O)NCCOCCOCC(=O)NCCC/C=C(/NC(=O)OCc1cc2ccccc2s1)C(=O)O. The maximum atomic E-state index is 12.1. The Kier molecular flexibility index (Phi) is 20.1. The number of aliphatic carboxylic acids is 1. The molecule has 0 atom stereocenters. The number of rotatable bonds is 24. The molecule has 1 heterocycles. The minimum atomic E-state index is -1.30. The zero-order valence-corrected chi connectivity index (χ0v) is 29.5. The second-order valence-corrected chi connectivity index (χ2v) is 12.6. The second kappa shape index (κ2) is 24.0. The summed E-state index contributed by atoms with van der Waals surface area (Å²) >= 11 is 1.49. The fraction of sp³-hybridized carbons (Fsp3) is 0.545. The Labute approximate surface area is 295 Å². The first kappa shape index (κ1) is 41.9. The van der Waals surface area contributed by atoms with Gasteiger partial charge in [0.15, 0.2) is 0 Å². The van der Waals surface area contributed by atoms with E-state index in [0.717, 1.165) is 15.0 Å². The number of nitrogens with one attached hydrogen (secondary N) is 4. The minimum absolute atomic E-state index is 0.0199. The maximum absolute atomic E-state index is 12.1. The van der Waals surface area contributed by atoms with Crippen LogP contribution >= 0.6 is 11.3 Å². The Balaban J connectivity index is 1.40. The number of thiophene rings is 1. The lowest BCUT2D eigenvalue weighted by Crippen LogP contribution is -2.34. The summed E-state index contributed by atoms with van der Waals surface area (Å²) < 4.78 is 32.5. The molecule has 17 heteroatoms. The first-order chi connectivity index (χ1) is 23.9. The fourth-order valence-corrected chi connectivity index (χ4v) is 4.81. The summed E-state index contributed by atoms with van der Waals surface area (Å²) in [6, 6.07) is 9.68. The van der Waals surface area contributed by atoms with Gasteiger partial charge in [0.2, 0.25) is 11.8 Å². The van der Waals surface area contributed by atoms with E-state index < -0.39 is 23.8 Å². The summed E-state index contributed by atoms with van der Waals surface area (Å²) in [5.41, 5.74) is -0.871. The number of carboxylic acids is 1. The molecule has 0 fully saturated rings. The molecule has 0 aliphatic carbocycles. The van der Waals surface area contributed by atoms with Crippen molar-refractivity contribution >= 4 is 51.4 Å². The number of ether oxygens (including phenoxy) is 6. The maximum Gasteiger partial charge on any atom is 0.412 e. The van der Waals surface area contributed by atoms with E-state index in [9.17, 15) is 29.1 Å². The van der Waals surface area contributed by atoms with Crippen molar-refractivity contribution in [2.45, 2.75) is 45.8 Å². The number of unbranched alkanes of at least 4 members (excludes halogenated alkanes) is 1. The van der Waals surface area contributed by atoms with Crippen LogP contribution in [0.15, 0.2) is 42.1 Å². The molecule has 0 aliphatic rings. The highest BCUT2D eigenvalue weighted by atomic mass is 32.1. The van der Waals surface area contributed by atoms with E-state index in [0.29, 0.717) is 19.4 Å². The molecule has 5 N–H and O–H groups in total. The molecule has 2 aromatic rings. The van der Waals surface area contributed by atoms with E-state index in [1.807, 2.05) is 30.3 Å². The highest BCUT2D eigenvalue weighted by molar-refractivity contribution is 7.19. The average Bonchev–Trinajstić information content (AvgIpc) is 3.48. The Morgan fingerprint density at radius 1 is 0.780 bits per heavy atom. The van der Waals surface area contributed by atoms with Gasteiger partial charge >= 0.3 is 18.2 Å². The highest BCUT2D eigenvalue weighted by Crippen LogP contribution is 2.25. The Bertz CT molecular complexity index is 1360. The van der Waals surface area contributed by atoms with Crippen molar-refractivity contribution in [2.75, 3.05) is 72.5 Å². The van der Waals surface area contributed by atoms with Crippen LogP contribution in [0.3, 0.4) is 0 Å². The van der Waals surface area contributed by atoms with Crippen molar-refractivity contribution in [2.24, 2.45) is 0 Å². The van der Waals surface area contributed by atoms with Gasteiger partial charge in [0.05, 0.1) is 39.6 Å². The molecule has 0 saturated carbocycles. The largest absolute Gasteiger partial charge is 0.477 e. The molecule has 0 bridgehead atoms. The van der Waals surface area contributed by atoms with Crippen LogP contribution in [0.1, 0.15) is 38.5 Å². The highest BCUT2D eigenvalue weighted by Gasteiger charge is 2.16. The number of hydrogen-bond acceptors (Lipinski definition) is 12. The number of allylic oxidation sites excluding steroid dienone is 1. The molecule has 2 rings (SSSR count). The summed E-state index contributed by atoms with van der Waals surface area (Å²) in [5, 5.41) is 20.6.